The van der Waals surface area contributed by atoms with Crippen molar-refractivity contribution in [1.29, 1.82) is 0 Å². The Bertz CT molecular complexity index is 783. The van der Waals surface area contributed by atoms with E-state index in [9.17, 15) is 13.2 Å². The minimum atomic E-state index is -3.91. The van der Waals surface area contributed by atoms with Crippen LogP contribution in [0.25, 0.3) is 0 Å². The van der Waals surface area contributed by atoms with E-state index in [0.717, 1.165) is 11.6 Å². The van der Waals surface area contributed by atoms with Gasteiger partial charge in [0.05, 0.1) is 7.11 Å². The lowest BCUT2D eigenvalue weighted by Crippen LogP contribution is -2.31. The minimum absolute atomic E-state index is 0.000345. The van der Waals surface area contributed by atoms with E-state index >= 15 is 0 Å². The Hall–Kier alpha value is -2.16. The second-order valence-electron chi connectivity index (χ2n) is 4.90. The zero-order valence-electron chi connectivity index (χ0n) is 12.8. The molecule has 0 bridgehead atoms. The molecule has 2 rings (SSSR count). The van der Waals surface area contributed by atoms with Crippen LogP contribution in [0.2, 0.25) is 0 Å². The zero-order chi connectivity index (χ0) is 17.0. The molecule has 0 aliphatic heterocycles. The molecule has 7 nitrogen and oxygen atoms in total. The fourth-order valence-electron chi connectivity index (χ4n) is 1.99. The molecule has 0 amide bonds. The summed E-state index contributed by atoms with van der Waals surface area (Å²) in [6, 6.07) is 9.75. The first-order valence-corrected chi connectivity index (χ1v) is 8.32. The molecule has 0 aliphatic carbocycles. The molecule has 0 aliphatic rings. The molecule has 1 unspecified atom stereocenters. The van der Waals surface area contributed by atoms with Crippen molar-refractivity contribution in [2.45, 2.75) is 18.1 Å². The average molecular weight is 338 g/mol. The van der Waals surface area contributed by atoms with Gasteiger partial charge in [-0.2, -0.15) is 0 Å². The molecule has 1 aromatic heterocycles. The van der Waals surface area contributed by atoms with Gasteiger partial charge in [0.1, 0.15) is 11.3 Å². The topological polar surface area (TPSA) is 112 Å². The molecule has 23 heavy (non-hydrogen) atoms. The van der Waals surface area contributed by atoms with Gasteiger partial charge in [-0.3, -0.25) is 0 Å². The number of carbonyl (C=O) groups is 1. The third kappa shape index (κ3) is 3.98. The van der Waals surface area contributed by atoms with Crippen LogP contribution in [0.1, 0.15) is 27.7 Å². The molecule has 0 saturated heterocycles. The van der Waals surface area contributed by atoms with Gasteiger partial charge in [0.25, 0.3) is 10.0 Å². The first kappa shape index (κ1) is 17.2. The Balaban J connectivity index is 2.12. The minimum Gasteiger partial charge on any atom is -0.465 e. The van der Waals surface area contributed by atoms with Crippen LogP contribution in [0.5, 0.6) is 0 Å². The first-order valence-electron chi connectivity index (χ1n) is 6.84. The van der Waals surface area contributed by atoms with E-state index in [1.165, 1.54) is 14.0 Å². The van der Waals surface area contributed by atoms with Crippen LogP contribution in [-0.4, -0.2) is 28.0 Å². The number of esters is 1. The molecule has 0 saturated carbocycles. The van der Waals surface area contributed by atoms with Gasteiger partial charge in [-0.1, -0.05) is 30.3 Å². The van der Waals surface area contributed by atoms with Gasteiger partial charge >= 0.3 is 5.97 Å². The summed E-state index contributed by atoms with van der Waals surface area (Å²) in [7, 11) is -2.70. The van der Waals surface area contributed by atoms with Crippen molar-refractivity contribution in [2.75, 3.05) is 13.7 Å². The summed E-state index contributed by atoms with van der Waals surface area (Å²) in [6.07, 6.45) is 0. The number of nitrogens with two attached hydrogens (primary N) is 1. The highest BCUT2D eigenvalue weighted by Gasteiger charge is 2.24. The van der Waals surface area contributed by atoms with E-state index in [4.69, 9.17) is 10.2 Å². The largest absolute Gasteiger partial charge is 0.465 e. The molecule has 2 aromatic rings. The van der Waals surface area contributed by atoms with Crippen molar-refractivity contribution in [1.82, 2.24) is 4.72 Å². The maximum Gasteiger partial charge on any atom is 0.341 e. The fraction of sp³-hybridized carbons (Fsp3) is 0.267. The molecule has 124 valence electrons. The number of carbonyl (C=O) groups excluding carboxylic acids is 1. The summed E-state index contributed by atoms with van der Waals surface area (Å²) >= 11 is 0. The molecule has 0 fully saturated rings. The van der Waals surface area contributed by atoms with Crippen LogP contribution in [0.4, 0.5) is 0 Å². The van der Waals surface area contributed by atoms with E-state index in [1.54, 1.807) is 0 Å². The van der Waals surface area contributed by atoms with Crippen molar-refractivity contribution < 1.29 is 22.4 Å². The summed E-state index contributed by atoms with van der Waals surface area (Å²) in [5.74, 6) is -0.488. The summed E-state index contributed by atoms with van der Waals surface area (Å²) in [5, 5.41) is -0.351. The molecule has 1 heterocycles. The van der Waals surface area contributed by atoms with Crippen molar-refractivity contribution in [3.05, 3.63) is 53.3 Å². The molecular weight excluding hydrogens is 320 g/mol. The number of rotatable bonds is 6. The van der Waals surface area contributed by atoms with E-state index in [1.807, 2.05) is 30.3 Å². The lowest BCUT2D eigenvalue weighted by atomic mass is 10.1. The van der Waals surface area contributed by atoms with Crippen LogP contribution >= 0.6 is 0 Å². The Morgan fingerprint density at radius 1 is 1.35 bits per heavy atom. The van der Waals surface area contributed by atoms with Gasteiger partial charge in [0, 0.05) is 18.7 Å². The average Bonchev–Trinajstić information content (AvgIpc) is 2.95. The summed E-state index contributed by atoms with van der Waals surface area (Å²) in [4.78, 5) is 11.5. The highest BCUT2D eigenvalue weighted by atomic mass is 32.2. The number of aryl methyl sites for hydroxylation is 1. The number of hydrogen-bond donors (Lipinski definition) is 2. The fourth-order valence-corrected chi connectivity index (χ4v) is 3.04. The molecule has 1 atom stereocenters. The second kappa shape index (κ2) is 6.95. The molecule has 0 spiro atoms. The molecule has 3 N–H and O–H groups in total. The van der Waals surface area contributed by atoms with Crippen molar-refractivity contribution >= 4 is 16.0 Å². The van der Waals surface area contributed by atoms with E-state index < -0.39 is 22.0 Å². The van der Waals surface area contributed by atoms with Gasteiger partial charge < -0.3 is 14.9 Å². The summed E-state index contributed by atoms with van der Waals surface area (Å²) < 4.78 is 36.5. The zero-order valence-corrected chi connectivity index (χ0v) is 13.6. The standard InChI is InChI=1S/C15H18N2O5S/c1-10-12(15(18)21-2)8-14(22-10)23(19,20)17-9-13(16)11-6-4-3-5-7-11/h3-8,13,17H,9,16H2,1-2H3. The monoisotopic (exact) mass is 338 g/mol. The van der Waals surface area contributed by atoms with Crippen LogP contribution in [0, 0.1) is 6.92 Å². The van der Waals surface area contributed by atoms with Gasteiger partial charge in [-0.05, 0) is 12.5 Å². The first-order chi connectivity index (χ1) is 10.8. The highest BCUT2D eigenvalue weighted by Crippen LogP contribution is 2.20. The maximum atomic E-state index is 12.2. The maximum absolute atomic E-state index is 12.2. The third-order valence-corrected chi connectivity index (χ3v) is 4.56. The van der Waals surface area contributed by atoms with E-state index in [-0.39, 0.29) is 23.0 Å². The van der Waals surface area contributed by atoms with E-state index in [2.05, 4.69) is 9.46 Å². The third-order valence-electron chi connectivity index (χ3n) is 3.29. The van der Waals surface area contributed by atoms with Crippen LogP contribution in [-0.2, 0) is 14.8 Å². The predicted octanol–water partition coefficient (Wildman–Crippen LogP) is 1.35. The molecular formula is C15H18N2O5S. The van der Waals surface area contributed by atoms with Gasteiger partial charge in [0.2, 0.25) is 5.09 Å². The Kier molecular flexibility index (Phi) is 5.19. The van der Waals surface area contributed by atoms with Gasteiger partial charge in [-0.15, -0.1) is 0 Å². The number of hydrogen-bond acceptors (Lipinski definition) is 6. The lowest BCUT2D eigenvalue weighted by molar-refractivity contribution is 0.0599. The normalized spacial score (nSPS) is 12.8. The molecule has 8 heteroatoms. The number of methoxy groups -OCH3 is 1. The number of nitrogens with one attached hydrogen (secondary N) is 1. The number of benzene rings is 1. The van der Waals surface area contributed by atoms with Gasteiger partial charge in [0.15, 0.2) is 0 Å². The van der Waals surface area contributed by atoms with Crippen molar-refractivity contribution in [3.63, 3.8) is 0 Å². The number of sulfonamides is 1. The van der Waals surface area contributed by atoms with Crippen LogP contribution in [0.3, 0.4) is 0 Å². The van der Waals surface area contributed by atoms with Crippen LogP contribution < -0.4 is 10.5 Å². The second-order valence-corrected chi connectivity index (χ2v) is 6.59. The quantitative estimate of drug-likeness (QED) is 0.769. The smallest absolute Gasteiger partial charge is 0.341 e. The summed E-state index contributed by atoms with van der Waals surface area (Å²) in [5.41, 5.74) is 6.83. The number of ether oxygens (including phenoxy) is 1. The van der Waals surface area contributed by atoms with E-state index in [0.29, 0.717) is 0 Å². The van der Waals surface area contributed by atoms with Gasteiger partial charge in [-0.25, -0.2) is 17.9 Å². The lowest BCUT2D eigenvalue weighted by Gasteiger charge is -2.12. The molecule has 0 radical (unpaired) electrons. The summed E-state index contributed by atoms with van der Waals surface area (Å²) in [6.45, 7) is 1.49. The van der Waals surface area contributed by atoms with Crippen molar-refractivity contribution in [2.24, 2.45) is 5.73 Å². The predicted molar refractivity (Wildman–Crippen MR) is 83.3 cm³/mol. The Labute approximate surface area is 134 Å². The Morgan fingerprint density at radius 3 is 2.61 bits per heavy atom. The molecule has 1 aromatic carbocycles. The van der Waals surface area contributed by atoms with Crippen LogP contribution in [0.15, 0.2) is 45.9 Å². The SMILES string of the molecule is COC(=O)c1cc(S(=O)(=O)NCC(N)c2ccccc2)oc1C. The Morgan fingerprint density at radius 2 is 2.00 bits per heavy atom. The highest BCUT2D eigenvalue weighted by molar-refractivity contribution is 7.89. The number of furan rings is 1. The van der Waals surface area contributed by atoms with Crippen molar-refractivity contribution in [3.8, 4) is 0 Å².